The summed E-state index contributed by atoms with van der Waals surface area (Å²) in [7, 11) is 0. The van der Waals surface area contributed by atoms with Gasteiger partial charge in [0.2, 0.25) is 0 Å². The van der Waals surface area contributed by atoms with E-state index in [1.165, 1.54) is 18.4 Å². The molecule has 2 fully saturated rings. The average molecular weight is 473 g/mol. The number of nitrogens with zero attached hydrogens (tertiary/aromatic N) is 6. The first kappa shape index (κ1) is 21.7. The molecule has 10 heteroatoms. The van der Waals surface area contributed by atoms with Gasteiger partial charge in [-0.25, -0.2) is 24.7 Å². The first-order valence-electron chi connectivity index (χ1n) is 12.1. The summed E-state index contributed by atoms with van der Waals surface area (Å²) < 4.78 is 5.58. The number of ether oxygens (including phenoxy) is 1. The van der Waals surface area contributed by atoms with E-state index in [0.29, 0.717) is 37.2 Å². The SMILES string of the molecule is NC(=O)Nc1ccc(-c2nc3c(c(N4CCOCC4)n2)CCN(c2cc(C4CC4)ncn2)C3)cc1. The van der Waals surface area contributed by atoms with Gasteiger partial charge in [-0.1, -0.05) is 0 Å². The quantitative estimate of drug-likeness (QED) is 0.581. The fourth-order valence-electron chi connectivity index (χ4n) is 4.75. The second-order valence-electron chi connectivity index (χ2n) is 9.21. The number of carbonyl (C=O) groups is 1. The highest BCUT2D eigenvalue weighted by Crippen LogP contribution is 2.40. The standard InChI is InChI=1S/C25H28N8O2/c26-25(34)29-18-5-3-17(4-6-18)23-30-21-14-33(22-13-20(16-1-2-16)27-15-28-22)8-7-19(21)24(31-23)32-9-11-35-12-10-32/h3-6,13,15-16H,1-2,7-12,14H2,(H3,26,29,34). The number of amides is 2. The van der Waals surface area contributed by atoms with Crippen LogP contribution in [0.25, 0.3) is 11.4 Å². The first-order valence-corrected chi connectivity index (χ1v) is 12.1. The molecule has 3 aromatic rings. The van der Waals surface area contributed by atoms with Crippen molar-refractivity contribution in [2.75, 3.05) is 48.0 Å². The maximum absolute atomic E-state index is 11.2. The van der Waals surface area contributed by atoms with E-state index in [0.717, 1.165) is 54.6 Å². The predicted molar refractivity (Wildman–Crippen MR) is 132 cm³/mol. The van der Waals surface area contributed by atoms with Crippen LogP contribution in [0.5, 0.6) is 0 Å². The van der Waals surface area contributed by atoms with Gasteiger partial charge in [0.15, 0.2) is 5.82 Å². The monoisotopic (exact) mass is 472 g/mol. The third kappa shape index (κ3) is 4.61. The smallest absolute Gasteiger partial charge is 0.316 e. The summed E-state index contributed by atoms with van der Waals surface area (Å²) in [6.07, 6.45) is 4.97. The Labute approximate surface area is 203 Å². The van der Waals surface area contributed by atoms with Gasteiger partial charge in [0, 0.05) is 54.1 Å². The molecule has 6 rings (SSSR count). The Balaban J connectivity index is 1.35. The van der Waals surface area contributed by atoms with Crippen LogP contribution in [0.1, 0.15) is 35.7 Å². The lowest BCUT2D eigenvalue weighted by Crippen LogP contribution is -2.39. The number of anilines is 3. The summed E-state index contributed by atoms with van der Waals surface area (Å²) in [4.78, 5) is 34.8. The number of rotatable bonds is 5. The Kier molecular flexibility index (Phi) is 5.65. The van der Waals surface area contributed by atoms with Gasteiger partial charge in [-0.3, -0.25) is 0 Å². The highest BCUT2D eigenvalue weighted by Gasteiger charge is 2.29. The van der Waals surface area contributed by atoms with Crippen LogP contribution in [-0.4, -0.2) is 58.8 Å². The van der Waals surface area contributed by atoms with E-state index in [2.05, 4.69) is 31.2 Å². The summed E-state index contributed by atoms with van der Waals surface area (Å²) >= 11 is 0. The lowest BCUT2D eigenvalue weighted by Gasteiger charge is -2.34. The van der Waals surface area contributed by atoms with Gasteiger partial charge in [-0.15, -0.1) is 0 Å². The van der Waals surface area contributed by atoms with Crippen LogP contribution in [0.3, 0.4) is 0 Å². The van der Waals surface area contributed by atoms with E-state index in [1.807, 2.05) is 24.3 Å². The molecule has 180 valence electrons. The molecular weight excluding hydrogens is 444 g/mol. The third-order valence-corrected chi connectivity index (χ3v) is 6.76. The van der Waals surface area contributed by atoms with Crippen LogP contribution in [0.15, 0.2) is 36.7 Å². The van der Waals surface area contributed by atoms with Gasteiger partial charge in [-0.2, -0.15) is 0 Å². The molecule has 1 aliphatic carbocycles. The lowest BCUT2D eigenvalue weighted by atomic mass is 10.0. The van der Waals surface area contributed by atoms with Crippen molar-refractivity contribution in [2.45, 2.75) is 31.7 Å². The average Bonchev–Trinajstić information content (AvgIpc) is 3.74. The molecule has 2 aliphatic heterocycles. The molecule has 0 spiro atoms. The Hall–Kier alpha value is -3.79. The number of aromatic nitrogens is 4. The number of morpholine rings is 1. The molecule has 1 saturated carbocycles. The molecule has 1 saturated heterocycles. The zero-order valence-corrected chi connectivity index (χ0v) is 19.5. The van der Waals surface area contributed by atoms with E-state index in [9.17, 15) is 4.79 Å². The van der Waals surface area contributed by atoms with Gasteiger partial charge < -0.3 is 25.6 Å². The largest absolute Gasteiger partial charge is 0.378 e. The fraction of sp³-hybridized carbons (Fsp3) is 0.400. The topological polar surface area (TPSA) is 122 Å². The van der Waals surface area contributed by atoms with Crippen LogP contribution in [-0.2, 0) is 17.7 Å². The molecule has 0 bridgehead atoms. The molecule has 0 radical (unpaired) electrons. The number of hydrogen-bond acceptors (Lipinski definition) is 8. The Morgan fingerprint density at radius 1 is 1.03 bits per heavy atom. The van der Waals surface area contributed by atoms with E-state index < -0.39 is 6.03 Å². The molecule has 2 amide bonds. The summed E-state index contributed by atoms with van der Waals surface area (Å²) in [5.41, 5.74) is 10.1. The first-order chi connectivity index (χ1) is 17.1. The second-order valence-corrected chi connectivity index (χ2v) is 9.21. The fourth-order valence-corrected chi connectivity index (χ4v) is 4.75. The summed E-state index contributed by atoms with van der Waals surface area (Å²) in [6, 6.07) is 8.98. The Morgan fingerprint density at radius 3 is 2.57 bits per heavy atom. The molecule has 0 unspecified atom stereocenters. The van der Waals surface area contributed by atoms with E-state index >= 15 is 0 Å². The minimum atomic E-state index is -0.591. The van der Waals surface area contributed by atoms with Crippen LogP contribution >= 0.6 is 0 Å². The number of urea groups is 1. The van der Waals surface area contributed by atoms with Gasteiger partial charge >= 0.3 is 6.03 Å². The number of primary amides is 1. The molecule has 35 heavy (non-hydrogen) atoms. The maximum atomic E-state index is 11.2. The number of carbonyl (C=O) groups excluding carboxylic acids is 1. The van der Waals surface area contributed by atoms with Crippen LogP contribution in [0.4, 0.5) is 22.1 Å². The van der Waals surface area contributed by atoms with Crippen molar-refractivity contribution < 1.29 is 9.53 Å². The number of hydrogen-bond donors (Lipinski definition) is 2. The predicted octanol–water partition coefficient (Wildman–Crippen LogP) is 2.70. The zero-order valence-electron chi connectivity index (χ0n) is 19.5. The molecule has 3 aliphatic rings. The number of nitrogens with two attached hydrogens (primary N) is 1. The summed E-state index contributed by atoms with van der Waals surface area (Å²) in [6.45, 7) is 4.54. The number of fused-ring (bicyclic) bond motifs is 1. The number of benzene rings is 1. The normalized spacial score (nSPS) is 17.7. The van der Waals surface area contributed by atoms with Crippen molar-refractivity contribution in [1.82, 2.24) is 19.9 Å². The molecule has 1 aromatic carbocycles. The highest BCUT2D eigenvalue weighted by atomic mass is 16.5. The molecule has 3 N–H and O–H groups in total. The summed E-state index contributed by atoms with van der Waals surface area (Å²) in [5, 5.41) is 2.59. The van der Waals surface area contributed by atoms with Gasteiger partial charge in [-0.05, 0) is 43.5 Å². The molecule has 0 atom stereocenters. The second kappa shape index (κ2) is 9.10. The van der Waals surface area contributed by atoms with Gasteiger partial charge in [0.05, 0.1) is 25.5 Å². The Bertz CT molecular complexity index is 1240. The van der Waals surface area contributed by atoms with Gasteiger partial charge in [0.1, 0.15) is 18.0 Å². The third-order valence-electron chi connectivity index (χ3n) is 6.76. The van der Waals surface area contributed by atoms with Crippen molar-refractivity contribution >= 4 is 23.4 Å². The van der Waals surface area contributed by atoms with Crippen molar-refractivity contribution in [3.8, 4) is 11.4 Å². The van der Waals surface area contributed by atoms with Crippen LogP contribution in [0.2, 0.25) is 0 Å². The van der Waals surface area contributed by atoms with Crippen molar-refractivity contribution in [3.05, 3.63) is 53.6 Å². The maximum Gasteiger partial charge on any atom is 0.316 e. The van der Waals surface area contributed by atoms with E-state index in [4.69, 9.17) is 20.4 Å². The van der Waals surface area contributed by atoms with Crippen molar-refractivity contribution in [1.29, 1.82) is 0 Å². The van der Waals surface area contributed by atoms with Crippen LogP contribution in [0, 0.1) is 0 Å². The lowest BCUT2D eigenvalue weighted by molar-refractivity contribution is 0.122. The van der Waals surface area contributed by atoms with E-state index in [1.54, 1.807) is 6.33 Å². The molecular formula is C25H28N8O2. The Morgan fingerprint density at radius 2 is 1.83 bits per heavy atom. The van der Waals surface area contributed by atoms with Crippen molar-refractivity contribution in [3.63, 3.8) is 0 Å². The van der Waals surface area contributed by atoms with Crippen molar-refractivity contribution in [2.24, 2.45) is 5.73 Å². The van der Waals surface area contributed by atoms with E-state index in [-0.39, 0.29) is 0 Å². The molecule has 10 nitrogen and oxygen atoms in total. The highest BCUT2D eigenvalue weighted by molar-refractivity contribution is 5.88. The molecule has 2 aromatic heterocycles. The minimum Gasteiger partial charge on any atom is -0.378 e. The van der Waals surface area contributed by atoms with Crippen LogP contribution < -0.4 is 20.9 Å². The summed E-state index contributed by atoms with van der Waals surface area (Å²) in [5.74, 6) is 3.21. The van der Waals surface area contributed by atoms with Gasteiger partial charge in [0.25, 0.3) is 0 Å². The number of nitrogens with one attached hydrogen (secondary N) is 1. The minimum absolute atomic E-state index is 0.586. The zero-order chi connectivity index (χ0) is 23.8. The molecule has 4 heterocycles.